The van der Waals surface area contributed by atoms with Gasteiger partial charge in [-0.2, -0.15) is 0 Å². The molecule has 0 bridgehead atoms. The molecule has 0 saturated heterocycles. The van der Waals surface area contributed by atoms with Crippen LogP contribution in [0.5, 0.6) is 11.5 Å². The Kier molecular flexibility index (Phi) is 2.91. The fourth-order valence-electron chi connectivity index (χ4n) is 1.85. The minimum absolute atomic E-state index is 0.240. The molecule has 5 nitrogen and oxygen atoms in total. The fraction of sp³-hybridized carbons (Fsp3) is 0.250. The summed E-state index contributed by atoms with van der Waals surface area (Å²) in [5.41, 5.74) is 2.17. The standard InChI is InChI=1S/C12H14N2O3/c1-7-10(16-2)5-4-8(11(7)17-3)9-6-13-12(15)14-9/h4-6H,1-3H3,(H2,13,14,15). The molecule has 2 rings (SSSR count). The molecule has 17 heavy (non-hydrogen) atoms. The number of H-pyrrole nitrogens is 2. The van der Waals surface area contributed by atoms with E-state index in [0.717, 1.165) is 16.9 Å². The zero-order valence-electron chi connectivity index (χ0n) is 9.96. The lowest BCUT2D eigenvalue weighted by molar-refractivity contribution is 0.390. The first-order chi connectivity index (χ1) is 8.17. The van der Waals surface area contributed by atoms with E-state index in [2.05, 4.69) is 9.97 Å². The molecule has 90 valence electrons. The Bertz CT molecular complexity index is 584. The molecule has 0 unspecified atom stereocenters. The Hall–Kier alpha value is -2.17. The van der Waals surface area contributed by atoms with Crippen molar-refractivity contribution >= 4 is 0 Å². The monoisotopic (exact) mass is 234 g/mol. The topological polar surface area (TPSA) is 67.1 Å². The van der Waals surface area contributed by atoms with Crippen LogP contribution in [-0.4, -0.2) is 24.2 Å². The van der Waals surface area contributed by atoms with E-state index < -0.39 is 0 Å². The normalized spacial score (nSPS) is 10.3. The summed E-state index contributed by atoms with van der Waals surface area (Å²) in [4.78, 5) is 16.4. The van der Waals surface area contributed by atoms with Gasteiger partial charge in [0.05, 0.1) is 19.9 Å². The fourth-order valence-corrected chi connectivity index (χ4v) is 1.85. The highest BCUT2D eigenvalue weighted by Crippen LogP contribution is 2.36. The van der Waals surface area contributed by atoms with Crippen LogP contribution in [-0.2, 0) is 0 Å². The molecular weight excluding hydrogens is 220 g/mol. The van der Waals surface area contributed by atoms with Crippen molar-refractivity contribution in [2.24, 2.45) is 0 Å². The number of benzene rings is 1. The summed E-state index contributed by atoms with van der Waals surface area (Å²) < 4.78 is 10.6. The average Bonchev–Trinajstić information content (AvgIpc) is 2.75. The first-order valence-electron chi connectivity index (χ1n) is 5.17. The maximum absolute atomic E-state index is 11.1. The number of nitrogens with one attached hydrogen (secondary N) is 2. The first kappa shape index (κ1) is 11.3. The van der Waals surface area contributed by atoms with Gasteiger partial charge in [-0.05, 0) is 19.1 Å². The third-order valence-corrected chi connectivity index (χ3v) is 2.67. The van der Waals surface area contributed by atoms with Crippen LogP contribution < -0.4 is 15.2 Å². The molecular formula is C12H14N2O3. The van der Waals surface area contributed by atoms with Crippen LogP contribution >= 0.6 is 0 Å². The molecule has 1 aromatic heterocycles. The Morgan fingerprint density at radius 2 is 1.94 bits per heavy atom. The highest BCUT2D eigenvalue weighted by atomic mass is 16.5. The Morgan fingerprint density at radius 3 is 2.47 bits per heavy atom. The summed E-state index contributed by atoms with van der Waals surface area (Å²) >= 11 is 0. The minimum atomic E-state index is -0.240. The average molecular weight is 234 g/mol. The summed E-state index contributed by atoms with van der Waals surface area (Å²) in [6, 6.07) is 3.70. The summed E-state index contributed by atoms with van der Waals surface area (Å²) in [5.74, 6) is 1.45. The summed E-state index contributed by atoms with van der Waals surface area (Å²) in [6.45, 7) is 1.91. The SMILES string of the molecule is COc1ccc(-c2c[nH]c(=O)[nH]2)c(OC)c1C. The van der Waals surface area contributed by atoms with Gasteiger partial charge in [0.15, 0.2) is 0 Å². The van der Waals surface area contributed by atoms with Gasteiger partial charge in [0.2, 0.25) is 0 Å². The maximum Gasteiger partial charge on any atom is 0.323 e. The Labute approximate surface area is 98.4 Å². The summed E-state index contributed by atoms with van der Waals surface area (Å²) in [6.07, 6.45) is 1.62. The lowest BCUT2D eigenvalue weighted by atomic mass is 10.1. The highest BCUT2D eigenvalue weighted by molar-refractivity contribution is 5.70. The lowest BCUT2D eigenvalue weighted by Gasteiger charge is -2.13. The third kappa shape index (κ3) is 1.91. The van der Waals surface area contributed by atoms with Gasteiger partial charge in [0.1, 0.15) is 11.5 Å². The number of methoxy groups -OCH3 is 2. The van der Waals surface area contributed by atoms with Gasteiger partial charge < -0.3 is 19.4 Å². The first-order valence-corrected chi connectivity index (χ1v) is 5.17. The third-order valence-electron chi connectivity index (χ3n) is 2.67. The molecule has 0 saturated carbocycles. The van der Waals surface area contributed by atoms with Gasteiger partial charge in [-0.3, -0.25) is 0 Å². The van der Waals surface area contributed by atoms with Crippen LogP contribution in [0.15, 0.2) is 23.1 Å². The Morgan fingerprint density at radius 1 is 1.18 bits per heavy atom. The molecule has 0 atom stereocenters. The van der Waals surface area contributed by atoms with Crippen LogP contribution in [0.3, 0.4) is 0 Å². The predicted octanol–water partition coefficient (Wildman–Crippen LogP) is 1.70. The number of aromatic amines is 2. The smallest absolute Gasteiger partial charge is 0.323 e. The molecule has 0 spiro atoms. The van der Waals surface area contributed by atoms with E-state index in [0.29, 0.717) is 11.4 Å². The van der Waals surface area contributed by atoms with E-state index in [9.17, 15) is 4.79 Å². The van der Waals surface area contributed by atoms with Crippen molar-refractivity contribution in [2.75, 3.05) is 14.2 Å². The molecule has 0 aliphatic rings. The predicted molar refractivity (Wildman–Crippen MR) is 64.7 cm³/mol. The van der Waals surface area contributed by atoms with Gasteiger partial charge in [-0.25, -0.2) is 4.79 Å². The zero-order valence-corrected chi connectivity index (χ0v) is 9.96. The second-order valence-corrected chi connectivity index (χ2v) is 3.63. The molecule has 0 radical (unpaired) electrons. The van der Waals surface area contributed by atoms with Crippen LogP contribution in [0.1, 0.15) is 5.56 Å². The summed E-state index contributed by atoms with van der Waals surface area (Å²) in [7, 11) is 3.20. The van der Waals surface area contributed by atoms with Crippen molar-refractivity contribution < 1.29 is 9.47 Å². The van der Waals surface area contributed by atoms with Gasteiger partial charge >= 0.3 is 5.69 Å². The largest absolute Gasteiger partial charge is 0.496 e. The Balaban J connectivity index is 2.62. The summed E-state index contributed by atoms with van der Waals surface area (Å²) in [5, 5.41) is 0. The quantitative estimate of drug-likeness (QED) is 0.849. The minimum Gasteiger partial charge on any atom is -0.496 e. The van der Waals surface area contributed by atoms with E-state index in [-0.39, 0.29) is 5.69 Å². The molecule has 1 aromatic carbocycles. The number of ether oxygens (including phenoxy) is 2. The van der Waals surface area contributed by atoms with E-state index >= 15 is 0 Å². The van der Waals surface area contributed by atoms with E-state index in [4.69, 9.17) is 9.47 Å². The molecule has 2 N–H and O–H groups in total. The maximum atomic E-state index is 11.1. The molecule has 5 heteroatoms. The number of rotatable bonds is 3. The van der Waals surface area contributed by atoms with Crippen LogP contribution in [0.4, 0.5) is 0 Å². The molecule has 0 fully saturated rings. The second kappa shape index (κ2) is 4.37. The van der Waals surface area contributed by atoms with Gasteiger partial charge in [-0.15, -0.1) is 0 Å². The number of imidazole rings is 1. The van der Waals surface area contributed by atoms with E-state index in [1.54, 1.807) is 20.4 Å². The van der Waals surface area contributed by atoms with Crippen molar-refractivity contribution in [1.29, 1.82) is 0 Å². The van der Waals surface area contributed by atoms with Crippen molar-refractivity contribution in [3.63, 3.8) is 0 Å². The van der Waals surface area contributed by atoms with Gasteiger partial charge in [0.25, 0.3) is 0 Å². The van der Waals surface area contributed by atoms with Crippen molar-refractivity contribution in [3.05, 3.63) is 34.4 Å². The van der Waals surface area contributed by atoms with Crippen molar-refractivity contribution in [2.45, 2.75) is 6.92 Å². The van der Waals surface area contributed by atoms with E-state index in [1.165, 1.54) is 0 Å². The molecule has 0 aliphatic heterocycles. The van der Waals surface area contributed by atoms with Crippen molar-refractivity contribution in [3.8, 4) is 22.8 Å². The van der Waals surface area contributed by atoms with Crippen LogP contribution in [0, 0.1) is 6.92 Å². The number of hydrogen-bond donors (Lipinski definition) is 2. The van der Waals surface area contributed by atoms with Crippen LogP contribution in [0.25, 0.3) is 11.3 Å². The second-order valence-electron chi connectivity index (χ2n) is 3.63. The molecule has 2 aromatic rings. The highest BCUT2D eigenvalue weighted by Gasteiger charge is 2.13. The number of hydrogen-bond acceptors (Lipinski definition) is 3. The number of aromatic nitrogens is 2. The van der Waals surface area contributed by atoms with Gasteiger partial charge in [0, 0.05) is 17.3 Å². The van der Waals surface area contributed by atoms with Crippen molar-refractivity contribution in [1.82, 2.24) is 9.97 Å². The van der Waals surface area contributed by atoms with Gasteiger partial charge in [-0.1, -0.05) is 0 Å². The molecule has 0 aliphatic carbocycles. The lowest BCUT2D eigenvalue weighted by Crippen LogP contribution is -2.00. The van der Waals surface area contributed by atoms with E-state index in [1.807, 2.05) is 19.1 Å². The molecule has 1 heterocycles. The zero-order chi connectivity index (χ0) is 12.4. The van der Waals surface area contributed by atoms with Crippen LogP contribution in [0.2, 0.25) is 0 Å². The molecule has 0 amide bonds.